The second-order valence-electron chi connectivity index (χ2n) is 8.86. The highest BCUT2D eigenvalue weighted by atomic mass is 32.1. The summed E-state index contributed by atoms with van der Waals surface area (Å²) in [5, 5.41) is 3.19. The Labute approximate surface area is 200 Å². The van der Waals surface area contributed by atoms with Crippen molar-refractivity contribution in [1.82, 2.24) is 5.32 Å². The highest BCUT2D eigenvalue weighted by molar-refractivity contribution is 7.12. The summed E-state index contributed by atoms with van der Waals surface area (Å²) in [4.78, 5) is 27.0. The first-order chi connectivity index (χ1) is 16.0. The second kappa shape index (κ2) is 9.06. The molecule has 1 aromatic heterocycles. The van der Waals surface area contributed by atoms with Crippen LogP contribution in [0, 0.1) is 13.8 Å². The first-order valence-electron chi connectivity index (χ1n) is 11.1. The molecular formula is C26H26F3NO3S. The van der Waals surface area contributed by atoms with E-state index in [0.29, 0.717) is 24.0 Å². The van der Waals surface area contributed by atoms with Crippen molar-refractivity contribution in [1.29, 1.82) is 0 Å². The predicted molar refractivity (Wildman–Crippen MR) is 125 cm³/mol. The number of amides is 1. The molecule has 1 N–H and O–H groups in total. The Bertz CT molecular complexity index is 1190. The van der Waals surface area contributed by atoms with Crippen LogP contribution < -0.4 is 5.32 Å². The third kappa shape index (κ3) is 4.82. The third-order valence-electron chi connectivity index (χ3n) is 6.58. The monoisotopic (exact) mass is 489 g/mol. The molecule has 8 heteroatoms. The van der Waals surface area contributed by atoms with E-state index in [1.807, 2.05) is 26.0 Å². The van der Waals surface area contributed by atoms with Gasteiger partial charge >= 0.3 is 12.1 Å². The van der Waals surface area contributed by atoms with Crippen molar-refractivity contribution in [3.8, 4) is 0 Å². The van der Waals surface area contributed by atoms with Crippen molar-refractivity contribution in [2.24, 2.45) is 0 Å². The Morgan fingerprint density at radius 3 is 2.26 bits per heavy atom. The van der Waals surface area contributed by atoms with Crippen LogP contribution in [0.4, 0.5) is 13.2 Å². The topological polar surface area (TPSA) is 55.4 Å². The highest BCUT2D eigenvalue weighted by Crippen LogP contribution is 2.46. The van der Waals surface area contributed by atoms with E-state index in [9.17, 15) is 22.8 Å². The van der Waals surface area contributed by atoms with E-state index >= 15 is 0 Å². The molecule has 0 aliphatic heterocycles. The molecule has 180 valence electrons. The van der Waals surface area contributed by atoms with Gasteiger partial charge < -0.3 is 10.1 Å². The molecule has 1 fully saturated rings. The number of carbonyl (C=O) groups excluding carboxylic acids is 2. The zero-order valence-electron chi connectivity index (χ0n) is 19.3. The number of carbonyl (C=O) groups is 2. The van der Waals surface area contributed by atoms with E-state index in [2.05, 4.69) is 5.32 Å². The summed E-state index contributed by atoms with van der Waals surface area (Å²) in [5.41, 5.74) is 2.78. The molecule has 34 heavy (non-hydrogen) atoms. The fraction of sp³-hybridized carbons (Fsp3) is 0.385. The molecular weight excluding hydrogens is 463 g/mol. The molecule has 0 bridgehead atoms. The molecule has 0 atom stereocenters. The molecule has 0 radical (unpaired) electrons. The predicted octanol–water partition coefficient (Wildman–Crippen LogP) is 6.32. The molecule has 4 nitrogen and oxygen atoms in total. The largest absolute Gasteiger partial charge is 0.465 e. The molecule has 0 spiro atoms. The zero-order valence-corrected chi connectivity index (χ0v) is 20.1. The molecule has 1 aromatic carbocycles. The fourth-order valence-corrected chi connectivity index (χ4v) is 5.54. The summed E-state index contributed by atoms with van der Waals surface area (Å²) in [7, 11) is 1.33. The Balaban J connectivity index is 1.54. The van der Waals surface area contributed by atoms with Crippen molar-refractivity contribution >= 4 is 23.2 Å². The lowest BCUT2D eigenvalue weighted by molar-refractivity contribution is -0.0941. The third-order valence-corrected chi connectivity index (χ3v) is 7.64. The van der Waals surface area contributed by atoms with Gasteiger partial charge in [0.1, 0.15) is 0 Å². The lowest BCUT2D eigenvalue weighted by atomic mass is 9.91. The Morgan fingerprint density at radius 2 is 1.74 bits per heavy atom. The summed E-state index contributed by atoms with van der Waals surface area (Å²) in [5.74, 6) is -0.585. The van der Waals surface area contributed by atoms with Gasteiger partial charge in [0.15, 0.2) is 0 Å². The number of benzene rings is 1. The second-order valence-corrected chi connectivity index (χ2v) is 10.3. The minimum atomic E-state index is -4.30. The van der Waals surface area contributed by atoms with Crippen LogP contribution in [0.3, 0.4) is 0 Å². The van der Waals surface area contributed by atoms with Gasteiger partial charge in [-0.3, -0.25) is 4.79 Å². The minimum Gasteiger partial charge on any atom is -0.465 e. The maximum absolute atomic E-state index is 13.4. The van der Waals surface area contributed by atoms with Crippen LogP contribution in [-0.4, -0.2) is 25.2 Å². The number of aryl methyl sites for hydroxylation is 2. The van der Waals surface area contributed by atoms with Gasteiger partial charge in [-0.1, -0.05) is 29.9 Å². The van der Waals surface area contributed by atoms with Gasteiger partial charge in [0.05, 0.1) is 23.8 Å². The van der Waals surface area contributed by atoms with Crippen molar-refractivity contribution in [3.63, 3.8) is 0 Å². The Hall–Kier alpha value is -2.87. The van der Waals surface area contributed by atoms with Gasteiger partial charge in [0.2, 0.25) is 0 Å². The molecule has 2 aliphatic rings. The van der Waals surface area contributed by atoms with Crippen LogP contribution in [-0.2, 0) is 16.7 Å². The maximum Gasteiger partial charge on any atom is 0.412 e. The molecule has 2 aliphatic carbocycles. The van der Waals surface area contributed by atoms with E-state index in [-0.39, 0.29) is 12.3 Å². The number of alkyl halides is 3. The van der Waals surface area contributed by atoms with Gasteiger partial charge in [-0.2, -0.15) is 13.2 Å². The average Bonchev–Trinajstić information content (AvgIpc) is 3.52. The van der Waals surface area contributed by atoms with E-state index in [0.717, 1.165) is 45.4 Å². The number of allylic oxidation sites excluding steroid dienone is 4. The number of ether oxygens (including phenoxy) is 1. The quantitative estimate of drug-likeness (QED) is 0.483. The van der Waals surface area contributed by atoms with E-state index in [1.165, 1.54) is 18.4 Å². The summed E-state index contributed by atoms with van der Waals surface area (Å²) >= 11 is 1.53. The Morgan fingerprint density at radius 1 is 1.06 bits per heavy atom. The lowest BCUT2D eigenvalue weighted by Crippen LogP contribution is -2.35. The van der Waals surface area contributed by atoms with Crippen LogP contribution in [0.15, 0.2) is 47.6 Å². The first-order valence-corrected chi connectivity index (χ1v) is 11.9. The first kappa shape index (κ1) is 24.3. The Kier molecular flexibility index (Phi) is 6.46. The molecule has 1 amide bonds. The normalized spacial score (nSPS) is 17.0. The fourth-order valence-electron chi connectivity index (χ4n) is 4.47. The average molecular weight is 490 g/mol. The minimum absolute atomic E-state index is 0.0380. The SMILES string of the molecule is COC(=O)c1ccc(C2(NC(=O)c3c(C)sc(C)c3CC3=CC=C(C(F)(F)F)CC3)CC2)cc1. The summed E-state index contributed by atoms with van der Waals surface area (Å²) in [6.07, 6.45) is 0.752. The number of nitrogens with one attached hydrogen (secondary N) is 1. The van der Waals surface area contributed by atoms with Crippen molar-refractivity contribution in [2.75, 3.05) is 7.11 Å². The lowest BCUT2D eigenvalue weighted by Gasteiger charge is -2.20. The van der Waals surface area contributed by atoms with E-state index in [4.69, 9.17) is 4.74 Å². The standard InChI is InChI=1S/C26H26F3NO3S/c1-15-21(14-17-4-8-20(9-5-17)26(27,28)29)22(16(2)34-15)23(31)30-25(12-13-25)19-10-6-18(7-11-19)24(32)33-3/h4,6-8,10-11H,5,9,12-14H2,1-3H3,(H,30,31). The van der Waals surface area contributed by atoms with Gasteiger partial charge in [0.25, 0.3) is 5.91 Å². The summed E-state index contributed by atoms with van der Waals surface area (Å²) in [6.45, 7) is 3.85. The zero-order chi connectivity index (χ0) is 24.7. The molecule has 4 rings (SSSR count). The van der Waals surface area contributed by atoms with Crippen LogP contribution in [0.25, 0.3) is 0 Å². The van der Waals surface area contributed by atoms with E-state index in [1.54, 1.807) is 18.2 Å². The summed E-state index contributed by atoms with van der Waals surface area (Å²) < 4.78 is 43.6. The molecule has 1 heterocycles. The molecule has 0 saturated heterocycles. The van der Waals surface area contributed by atoms with Gasteiger partial charge in [0, 0.05) is 15.3 Å². The molecule has 0 unspecified atom stereocenters. The maximum atomic E-state index is 13.4. The van der Waals surface area contributed by atoms with Gasteiger partial charge in [-0.15, -0.1) is 11.3 Å². The number of esters is 1. The summed E-state index contributed by atoms with van der Waals surface area (Å²) in [6, 6.07) is 7.06. The van der Waals surface area contributed by atoms with Gasteiger partial charge in [-0.25, -0.2) is 4.79 Å². The van der Waals surface area contributed by atoms with Crippen molar-refractivity contribution in [2.45, 2.75) is 57.7 Å². The van der Waals surface area contributed by atoms with E-state index < -0.39 is 23.3 Å². The molecule has 2 aromatic rings. The number of rotatable bonds is 6. The van der Waals surface area contributed by atoms with Crippen molar-refractivity contribution in [3.05, 3.63) is 79.6 Å². The van der Waals surface area contributed by atoms with Crippen LogP contribution in [0.5, 0.6) is 0 Å². The van der Waals surface area contributed by atoms with Crippen LogP contribution in [0.2, 0.25) is 0 Å². The number of halogens is 3. The smallest absolute Gasteiger partial charge is 0.412 e. The van der Waals surface area contributed by atoms with Crippen molar-refractivity contribution < 1.29 is 27.5 Å². The number of thiophene rings is 1. The number of methoxy groups -OCH3 is 1. The van der Waals surface area contributed by atoms with Gasteiger partial charge in [-0.05, 0) is 69.2 Å². The van der Waals surface area contributed by atoms with Crippen LogP contribution >= 0.6 is 11.3 Å². The van der Waals surface area contributed by atoms with Crippen LogP contribution in [0.1, 0.15) is 67.3 Å². The molecule has 1 saturated carbocycles. The number of hydrogen-bond acceptors (Lipinski definition) is 4. The number of hydrogen-bond donors (Lipinski definition) is 1. The highest BCUT2D eigenvalue weighted by Gasteiger charge is 2.46.